The van der Waals surface area contributed by atoms with Crippen LogP contribution in [0.1, 0.15) is 89.5 Å². The number of aromatic nitrogens is 1. The Hall–Kier alpha value is -1.59. The monoisotopic (exact) mass is 445 g/mol. The zero-order valence-corrected chi connectivity index (χ0v) is 21.2. The van der Waals surface area contributed by atoms with Crippen molar-refractivity contribution in [1.29, 1.82) is 0 Å². The van der Waals surface area contributed by atoms with Crippen molar-refractivity contribution in [2.45, 2.75) is 95.3 Å². The van der Waals surface area contributed by atoms with E-state index >= 15 is 0 Å². The molecule has 1 heterocycles. The van der Waals surface area contributed by atoms with E-state index in [2.05, 4.69) is 74.0 Å². The molecule has 0 radical (unpaired) electrons. The molecule has 2 heteroatoms. The van der Waals surface area contributed by atoms with Crippen LogP contribution in [0.2, 0.25) is 0 Å². The summed E-state index contributed by atoms with van der Waals surface area (Å²) in [4.78, 5) is 0. The Kier molecular flexibility index (Phi) is 6.75. The first-order valence-electron chi connectivity index (χ1n) is 13.1. The summed E-state index contributed by atoms with van der Waals surface area (Å²) in [5.74, 6) is 0.535. The molecule has 3 aromatic rings. The fourth-order valence-corrected chi connectivity index (χ4v) is 10.7. The Balaban J connectivity index is 1.77. The molecule has 2 fully saturated rings. The third-order valence-corrected chi connectivity index (χ3v) is 11.7. The second-order valence-corrected chi connectivity index (χ2v) is 13.2. The van der Waals surface area contributed by atoms with Crippen LogP contribution in [0.25, 0.3) is 22.2 Å². The molecule has 170 valence electrons. The molecule has 2 saturated carbocycles. The Labute approximate surface area is 196 Å². The lowest BCUT2D eigenvalue weighted by Crippen LogP contribution is -2.27. The number of hydrogen-bond acceptors (Lipinski definition) is 0. The summed E-state index contributed by atoms with van der Waals surface area (Å²) < 4.78 is 2.55. The molecule has 2 aromatic carbocycles. The van der Waals surface area contributed by atoms with Crippen LogP contribution in [-0.4, -0.2) is 15.9 Å². The third kappa shape index (κ3) is 4.07. The zero-order valence-electron chi connectivity index (χ0n) is 20.3. The van der Waals surface area contributed by atoms with Gasteiger partial charge >= 0.3 is 0 Å². The van der Waals surface area contributed by atoms with Gasteiger partial charge in [0.15, 0.2) is 0 Å². The summed E-state index contributed by atoms with van der Waals surface area (Å²) in [6.45, 7) is 4.71. The Morgan fingerprint density at radius 1 is 0.750 bits per heavy atom. The van der Waals surface area contributed by atoms with Crippen molar-refractivity contribution in [1.82, 2.24) is 4.57 Å². The maximum absolute atomic E-state index is 2.55. The van der Waals surface area contributed by atoms with Crippen molar-refractivity contribution in [3.63, 3.8) is 0 Å². The molecule has 0 aliphatic heterocycles. The van der Waals surface area contributed by atoms with Gasteiger partial charge in [0.25, 0.3) is 0 Å². The van der Waals surface area contributed by atoms with E-state index in [-0.39, 0.29) is 7.92 Å². The molecule has 32 heavy (non-hydrogen) atoms. The Morgan fingerprint density at radius 3 is 1.94 bits per heavy atom. The molecule has 1 aromatic heterocycles. The molecular weight excluding hydrogens is 405 g/mol. The number of para-hydroxylation sites is 1. The minimum absolute atomic E-state index is 0.168. The van der Waals surface area contributed by atoms with Gasteiger partial charge in [0.2, 0.25) is 0 Å². The van der Waals surface area contributed by atoms with E-state index < -0.39 is 0 Å². The zero-order chi connectivity index (χ0) is 22.1. The minimum atomic E-state index is -0.168. The van der Waals surface area contributed by atoms with Crippen LogP contribution in [0.15, 0.2) is 48.5 Å². The summed E-state index contributed by atoms with van der Waals surface area (Å²) in [6.07, 6.45) is 14.5. The maximum Gasteiger partial charge on any atom is 0.0569 e. The number of hydrogen-bond donors (Lipinski definition) is 0. The molecular formula is C30H40NP. The maximum atomic E-state index is 2.55. The van der Waals surface area contributed by atoms with Crippen LogP contribution in [-0.2, 0) is 7.05 Å². The highest BCUT2D eigenvalue weighted by Gasteiger charge is 2.36. The van der Waals surface area contributed by atoms with Gasteiger partial charge in [0.05, 0.1) is 5.69 Å². The fraction of sp³-hybridized carbons (Fsp3) is 0.533. The van der Waals surface area contributed by atoms with Crippen LogP contribution in [0.4, 0.5) is 0 Å². The van der Waals surface area contributed by atoms with E-state index in [1.54, 1.807) is 10.7 Å². The predicted molar refractivity (Wildman–Crippen MR) is 143 cm³/mol. The van der Waals surface area contributed by atoms with Crippen molar-refractivity contribution in [2.75, 3.05) is 0 Å². The average molecular weight is 446 g/mol. The predicted octanol–water partition coefficient (Wildman–Crippen LogP) is 8.74. The summed E-state index contributed by atoms with van der Waals surface area (Å²) in [5, 5.41) is 3.30. The van der Waals surface area contributed by atoms with Gasteiger partial charge < -0.3 is 4.57 Å². The summed E-state index contributed by atoms with van der Waals surface area (Å²) in [7, 11) is 2.16. The third-order valence-electron chi connectivity index (χ3n) is 8.11. The highest BCUT2D eigenvalue weighted by atomic mass is 31.1. The SMILES string of the molecule is CC(C)c1ccccc1-c1c(P(C2CCCCC2)C2CCCCC2)c2ccccc2n1C. The van der Waals surface area contributed by atoms with Gasteiger partial charge in [-0.05, 0) is 54.5 Å². The highest BCUT2D eigenvalue weighted by molar-refractivity contribution is 7.67. The van der Waals surface area contributed by atoms with Gasteiger partial charge in [0, 0.05) is 28.8 Å². The van der Waals surface area contributed by atoms with Gasteiger partial charge in [-0.25, -0.2) is 0 Å². The van der Waals surface area contributed by atoms with E-state index in [9.17, 15) is 0 Å². The van der Waals surface area contributed by atoms with Crippen molar-refractivity contribution < 1.29 is 0 Å². The first-order chi connectivity index (χ1) is 15.7. The minimum Gasteiger partial charge on any atom is -0.343 e. The van der Waals surface area contributed by atoms with E-state index in [4.69, 9.17) is 0 Å². The van der Waals surface area contributed by atoms with E-state index in [1.165, 1.54) is 86.5 Å². The lowest BCUT2D eigenvalue weighted by molar-refractivity contribution is 0.487. The molecule has 0 atom stereocenters. The molecule has 0 spiro atoms. The smallest absolute Gasteiger partial charge is 0.0569 e. The second-order valence-electron chi connectivity index (χ2n) is 10.5. The van der Waals surface area contributed by atoms with E-state index in [0.29, 0.717) is 5.92 Å². The molecule has 0 unspecified atom stereocenters. The summed E-state index contributed by atoms with van der Waals surface area (Å²) in [6, 6.07) is 18.6. The summed E-state index contributed by atoms with van der Waals surface area (Å²) in [5.41, 5.74) is 7.78. The number of rotatable bonds is 5. The Bertz CT molecular complexity index is 1030. The molecule has 0 amide bonds. The van der Waals surface area contributed by atoms with Gasteiger partial charge in [-0.3, -0.25) is 0 Å². The molecule has 1 nitrogen and oxygen atoms in total. The van der Waals surface area contributed by atoms with Crippen molar-refractivity contribution in [3.05, 3.63) is 54.1 Å². The molecule has 0 saturated heterocycles. The van der Waals surface area contributed by atoms with Crippen LogP contribution in [0.5, 0.6) is 0 Å². The van der Waals surface area contributed by atoms with Crippen molar-refractivity contribution >= 4 is 24.1 Å². The first kappa shape index (κ1) is 22.2. The second kappa shape index (κ2) is 9.72. The van der Waals surface area contributed by atoms with Crippen LogP contribution >= 0.6 is 7.92 Å². The van der Waals surface area contributed by atoms with E-state index in [0.717, 1.165) is 11.3 Å². The number of fused-ring (bicyclic) bond motifs is 1. The first-order valence-corrected chi connectivity index (χ1v) is 14.6. The van der Waals surface area contributed by atoms with Crippen molar-refractivity contribution in [2.24, 2.45) is 7.05 Å². The Morgan fingerprint density at radius 2 is 1.31 bits per heavy atom. The van der Waals surface area contributed by atoms with Crippen molar-refractivity contribution in [3.8, 4) is 11.3 Å². The lowest BCUT2D eigenvalue weighted by Gasteiger charge is -2.39. The van der Waals surface area contributed by atoms with Crippen LogP contribution < -0.4 is 5.30 Å². The number of nitrogens with zero attached hydrogens (tertiary/aromatic N) is 1. The topological polar surface area (TPSA) is 4.93 Å². The lowest BCUT2D eigenvalue weighted by atomic mass is 9.95. The number of aryl methyl sites for hydroxylation is 1. The largest absolute Gasteiger partial charge is 0.343 e. The average Bonchev–Trinajstić information content (AvgIpc) is 3.13. The van der Waals surface area contributed by atoms with Crippen LogP contribution in [0.3, 0.4) is 0 Å². The molecule has 0 bridgehead atoms. The highest BCUT2D eigenvalue weighted by Crippen LogP contribution is 2.57. The normalized spacial score (nSPS) is 18.8. The molecule has 5 rings (SSSR count). The van der Waals surface area contributed by atoms with Gasteiger partial charge in [-0.15, -0.1) is 0 Å². The fourth-order valence-electron chi connectivity index (χ4n) is 6.54. The summed E-state index contributed by atoms with van der Waals surface area (Å²) >= 11 is 0. The van der Waals surface area contributed by atoms with Gasteiger partial charge in [-0.2, -0.15) is 0 Å². The number of benzene rings is 2. The standard InChI is InChI=1S/C30H40NP/c1-22(2)25-18-10-11-19-26(25)29-30(27-20-12-13-21-28(27)31(29)3)32(23-14-6-4-7-15-23)24-16-8-5-9-17-24/h10-13,18-24H,4-9,14-17H2,1-3H3. The van der Waals surface area contributed by atoms with Gasteiger partial charge in [0.1, 0.15) is 0 Å². The quantitative estimate of drug-likeness (QED) is 0.346. The molecule has 0 N–H and O–H groups in total. The molecule has 2 aliphatic carbocycles. The molecule has 2 aliphatic rings. The van der Waals surface area contributed by atoms with Gasteiger partial charge in [-0.1, -0.05) is 103 Å². The van der Waals surface area contributed by atoms with Crippen LogP contribution in [0, 0.1) is 0 Å². The van der Waals surface area contributed by atoms with E-state index in [1.807, 2.05) is 0 Å².